The van der Waals surface area contributed by atoms with Crippen LogP contribution in [0, 0.1) is 6.92 Å². The maximum atomic E-state index is 11.7. The van der Waals surface area contributed by atoms with Gasteiger partial charge < -0.3 is 15.8 Å². The molecule has 0 saturated carbocycles. The van der Waals surface area contributed by atoms with E-state index in [1.165, 1.54) is 11.3 Å². The summed E-state index contributed by atoms with van der Waals surface area (Å²) in [5, 5.41) is 3.33. The lowest BCUT2D eigenvalue weighted by molar-refractivity contribution is -0.116. The second kappa shape index (κ2) is 7.91. The summed E-state index contributed by atoms with van der Waals surface area (Å²) >= 11 is 1.38. The van der Waals surface area contributed by atoms with Gasteiger partial charge in [-0.15, -0.1) is 11.3 Å². The van der Waals surface area contributed by atoms with Crippen LogP contribution in [0.1, 0.15) is 41.4 Å². The van der Waals surface area contributed by atoms with Crippen LogP contribution < -0.4 is 11.1 Å². The van der Waals surface area contributed by atoms with Crippen LogP contribution in [0.2, 0.25) is 0 Å². The van der Waals surface area contributed by atoms with E-state index in [2.05, 4.69) is 5.32 Å². The zero-order valence-corrected chi connectivity index (χ0v) is 12.1. The van der Waals surface area contributed by atoms with Gasteiger partial charge in [0, 0.05) is 11.3 Å². The number of rotatable bonds is 7. The number of ether oxygens (including phenoxy) is 1. The number of amides is 1. The number of anilines is 1. The number of aryl methyl sites for hydroxylation is 1. The minimum Gasteiger partial charge on any atom is -0.462 e. The Bertz CT molecular complexity index is 443. The van der Waals surface area contributed by atoms with Gasteiger partial charge in [-0.1, -0.05) is 0 Å². The molecule has 5 nitrogen and oxygen atoms in total. The van der Waals surface area contributed by atoms with E-state index < -0.39 is 5.97 Å². The standard InChI is InChI=1S/C13H20N2O3S/c1-3-18-13(17)10-8-9(2)19-12(10)15-11(16)6-4-5-7-14/h8H,3-7,14H2,1-2H3,(H,15,16). The number of thiophene rings is 1. The summed E-state index contributed by atoms with van der Waals surface area (Å²) in [5.74, 6) is -0.495. The third kappa shape index (κ3) is 5.00. The topological polar surface area (TPSA) is 81.4 Å². The summed E-state index contributed by atoms with van der Waals surface area (Å²) in [6.07, 6.45) is 1.99. The highest BCUT2D eigenvalue weighted by molar-refractivity contribution is 7.16. The summed E-state index contributed by atoms with van der Waals surface area (Å²) in [6.45, 7) is 4.54. The molecule has 0 atom stereocenters. The first kappa shape index (κ1) is 15.7. The molecule has 0 aliphatic carbocycles. The molecule has 6 heteroatoms. The minimum atomic E-state index is -0.399. The largest absolute Gasteiger partial charge is 0.462 e. The van der Waals surface area contributed by atoms with Crippen LogP contribution in [0.4, 0.5) is 5.00 Å². The predicted molar refractivity (Wildman–Crippen MR) is 76.5 cm³/mol. The molecule has 1 heterocycles. The number of carbonyl (C=O) groups excluding carboxylic acids is 2. The number of nitrogens with two attached hydrogens (primary N) is 1. The maximum absolute atomic E-state index is 11.7. The molecule has 0 spiro atoms. The van der Waals surface area contributed by atoms with Gasteiger partial charge in [0.15, 0.2) is 0 Å². The highest BCUT2D eigenvalue weighted by Crippen LogP contribution is 2.28. The van der Waals surface area contributed by atoms with Crippen molar-refractivity contribution in [1.82, 2.24) is 0 Å². The zero-order valence-electron chi connectivity index (χ0n) is 11.3. The van der Waals surface area contributed by atoms with Gasteiger partial charge in [0.1, 0.15) is 5.00 Å². The molecule has 1 amide bonds. The molecule has 1 aromatic heterocycles. The van der Waals surface area contributed by atoms with Gasteiger partial charge in [-0.2, -0.15) is 0 Å². The third-order valence-corrected chi connectivity index (χ3v) is 3.43. The summed E-state index contributed by atoms with van der Waals surface area (Å²) in [6, 6.07) is 1.73. The van der Waals surface area contributed by atoms with Crippen molar-refractivity contribution < 1.29 is 14.3 Å². The summed E-state index contributed by atoms with van der Waals surface area (Å²) in [5.41, 5.74) is 5.80. The fraction of sp³-hybridized carbons (Fsp3) is 0.538. The second-order valence-corrected chi connectivity index (χ2v) is 5.37. The van der Waals surface area contributed by atoms with Crippen LogP contribution in [-0.2, 0) is 9.53 Å². The highest BCUT2D eigenvalue weighted by Gasteiger charge is 2.17. The van der Waals surface area contributed by atoms with Crippen molar-refractivity contribution in [3.63, 3.8) is 0 Å². The molecule has 0 aliphatic heterocycles. The Kier molecular flexibility index (Phi) is 6.52. The van der Waals surface area contributed by atoms with Crippen molar-refractivity contribution in [1.29, 1.82) is 0 Å². The molecule has 1 rings (SSSR count). The first-order valence-electron chi connectivity index (χ1n) is 6.36. The highest BCUT2D eigenvalue weighted by atomic mass is 32.1. The van der Waals surface area contributed by atoms with Crippen molar-refractivity contribution >= 4 is 28.2 Å². The monoisotopic (exact) mass is 284 g/mol. The van der Waals surface area contributed by atoms with Gasteiger partial charge in [-0.3, -0.25) is 4.79 Å². The van der Waals surface area contributed by atoms with E-state index >= 15 is 0 Å². The van der Waals surface area contributed by atoms with Gasteiger partial charge >= 0.3 is 5.97 Å². The second-order valence-electron chi connectivity index (χ2n) is 4.11. The molecule has 0 aromatic carbocycles. The van der Waals surface area contributed by atoms with Crippen LogP contribution in [0.3, 0.4) is 0 Å². The average molecular weight is 284 g/mol. The molecule has 0 bridgehead atoms. The molecule has 19 heavy (non-hydrogen) atoms. The number of carbonyl (C=O) groups is 2. The summed E-state index contributed by atoms with van der Waals surface area (Å²) in [4.78, 5) is 24.4. The Morgan fingerprint density at radius 2 is 2.16 bits per heavy atom. The smallest absolute Gasteiger partial charge is 0.341 e. The molecule has 0 unspecified atom stereocenters. The predicted octanol–water partition coefficient (Wildman–Crippen LogP) is 2.30. The molecular weight excluding hydrogens is 264 g/mol. The van der Waals surface area contributed by atoms with E-state index in [9.17, 15) is 9.59 Å². The first-order valence-corrected chi connectivity index (χ1v) is 7.17. The van der Waals surface area contributed by atoms with Crippen molar-refractivity contribution in [2.75, 3.05) is 18.5 Å². The Morgan fingerprint density at radius 3 is 2.79 bits per heavy atom. The average Bonchev–Trinajstić information content (AvgIpc) is 2.71. The molecule has 3 N–H and O–H groups in total. The molecule has 0 saturated heterocycles. The van der Waals surface area contributed by atoms with E-state index in [1.54, 1.807) is 13.0 Å². The SMILES string of the molecule is CCOC(=O)c1cc(C)sc1NC(=O)CCCCN. The Balaban J connectivity index is 2.67. The van der Waals surface area contributed by atoms with E-state index in [0.717, 1.165) is 17.7 Å². The fourth-order valence-electron chi connectivity index (χ4n) is 1.59. The van der Waals surface area contributed by atoms with Crippen molar-refractivity contribution in [3.05, 3.63) is 16.5 Å². The van der Waals surface area contributed by atoms with Crippen molar-refractivity contribution in [3.8, 4) is 0 Å². The minimum absolute atomic E-state index is 0.0964. The third-order valence-electron chi connectivity index (χ3n) is 2.46. The van der Waals surface area contributed by atoms with Gasteiger partial charge in [-0.05, 0) is 39.3 Å². The van der Waals surface area contributed by atoms with Crippen LogP contribution >= 0.6 is 11.3 Å². The molecule has 1 aromatic rings. The normalized spacial score (nSPS) is 10.3. The van der Waals surface area contributed by atoms with Crippen molar-refractivity contribution in [2.45, 2.75) is 33.1 Å². The van der Waals surface area contributed by atoms with E-state index in [-0.39, 0.29) is 5.91 Å². The van der Waals surface area contributed by atoms with Gasteiger partial charge in [0.25, 0.3) is 0 Å². The zero-order chi connectivity index (χ0) is 14.3. The van der Waals surface area contributed by atoms with Gasteiger partial charge in [0.05, 0.1) is 12.2 Å². The van der Waals surface area contributed by atoms with Crippen LogP contribution in [0.25, 0.3) is 0 Å². The number of esters is 1. The molecule has 106 valence electrons. The Hall–Kier alpha value is -1.40. The van der Waals surface area contributed by atoms with E-state index in [0.29, 0.717) is 30.1 Å². The Labute approximate surface area is 117 Å². The lowest BCUT2D eigenvalue weighted by Gasteiger charge is -2.05. The molecule has 0 radical (unpaired) electrons. The number of unbranched alkanes of at least 4 members (excludes halogenated alkanes) is 1. The summed E-state index contributed by atoms with van der Waals surface area (Å²) < 4.78 is 4.96. The lowest BCUT2D eigenvalue weighted by atomic mass is 10.2. The van der Waals surface area contributed by atoms with Gasteiger partial charge in [0.2, 0.25) is 5.91 Å². The molecular formula is C13H20N2O3S. The lowest BCUT2D eigenvalue weighted by Crippen LogP contribution is -2.14. The molecule has 0 fully saturated rings. The van der Waals surface area contributed by atoms with Crippen molar-refractivity contribution in [2.24, 2.45) is 5.73 Å². The summed E-state index contributed by atoms with van der Waals surface area (Å²) in [7, 11) is 0. The van der Waals surface area contributed by atoms with Crippen LogP contribution in [0.15, 0.2) is 6.07 Å². The fourth-order valence-corrected chi connectivity index (χ4v) is 2.50. The first-order chi connectivity index (χ1) is 9.08. The maximum Gasteiger partial charge on any atom is 0.341 e. The quantitative estimate of drug-likeness (QED) is 0.594. The van der Waals surface area contributed by atoms with E-state index in [4.69, 9.17) is 10.5 Å². The van der Waals surface area contributed by atoms with Crippen LogP contribution in [0.5, 0.6) is 0 Å². The number of hydrogen-bond acceptors (Lipinski definition) is 5. The van der Waals surface area contributed by atoms with Crippen LogP contribution in [-0.4, -0.2) is 25.0 Å². The van der Waals surface area contributed by atoms with E-state index in [1.807, 2.05) is 6.92 Å². The Morgan fingerprint density at radius 1 is 1.42 bits per heavy atom. The van der Waals surface area contributed by atoms with Gasteiger partial charge in [-0.25, -0.2) is 4.79 Å². The number of hydrogen-bond donors (Lipinski definition) is 2. The molecule has 0 aliphatic rings. The number of nitrogens with one attached hydrogen (secondary N) is 1.